The molecule has 0 saturated carbocycles. The van der Waals surface area contributed by atoms with Crippen LogP contribution in [0.3, 0.4) is 0 Å². The molecular weight excluding hydrogens is 286 g/mol. The summed E-state index contributed by atoms with van der Waals surface area (Å²) in [5, 5.41) is 12.8. The average Bonchev–Trinajstić information content (AvgIpc) is 2.77. The second-order valence-corrected chi connectivity index (χ2v) is 4.62. The van der Waals surface area contributed by atoms with Crippen molar-refractivity contribution >= 4 is 15.9 Å². The molecule has 1 atom stereocenters. The van der Waals surface area contributed by atoms with Crippen LogP contribution < -0.4 is 5.73 Å². The van der Waals surface area contributed by atoms with Crippen LogP contribution in [0.2, 0.25) is 0 Å². The first-order valence-electron chi connectivity index (χ1n) is 5.08. The molecule has 0 spiro atoms. The van der Waals surface area contributed by atoms with Gasteiger partial charge in [-0.25, -0.2) is 0 Å². The van der Waals surface area contributed by atoms with E-state index >= 15 is 0 Å². The van der Waals surface area contributed by atoms with E-state index in [2.05, 4.69) is 26.1 Å². The van der Waals surface area contributed by atoms with E-state index in [1.807, 2.05) is 25.1 Å². The standard InChI is InChI=1S/C11H12BrN3O2/c1-6-4-7(12)2-3-8(6)10-14-11(17-15-10)9(13)5-16/h2-4,9,16H,5,13H2,1H3/t9-/m1/s1. The lowest BCUT2D eigenvalue weighted by atomic mass is 10.1. The summed E-state index contributed by atoms with van der Waals surface area (Å²) in [5.41, 5.74) is 7.51. The van der Waals surface area contributed by atoms with Gasteiger partial charge in [-0.05, 0) is 30.7 Å². The lowest BCUT2D eigenvalue weighted by Crippen LogP contribution is -2.14. The molecule has 0 saturated heterocycles. The molecule has 1 aromatic heterocycles. The van der Waals surface area contributed by atoms with Gasteiger partial charge in [-0.3, -0.25) is 0 Å². The number of hydrogen-bond donors (Lipinski definition) is 2. The fraction of sp³-hybridized carbons (Fsp3) is 0.273. The fourth-order valence-corrected chi connectivity index (χ4v) is 1.93. The number of nitrogens with two attached hydrogens (primary N) is 1. The summed E-state index contributed by atoms with van der Waals surface area (Å²) in [6.45, 7) is 1.74. The van der Waals surface area contributed by atoms with E-state index in [0.29, 0.717) is 5.82 Å². The summed E-state index contributed by atoms with van der Waals surface area (Å²) in [5.74, 6) is 0.721. The third-order valence-electron chi connectivity index (χ3n) is 2.38. The molecule has 0 unspecified atom stereocenters. The van der Waals surface area contributed by atoms with Crippen LogP contribution in [-0.2, 0) is 0 Å². The van der Waals surface area contributed by atoms with E-state index < -0.39 is 6.04 Å². The van der Waals surface area contributed by atoms with Gasteiger partial charge in [0, 0.05) is 10.0 Å². The summed E-state index contributed by atoms with van der Waals surface area (Å²) in [6.07, 6.45) is 0. The van der Waals surface area contributed by atoms with Gasteiger partial charge in [0.2, 0.25) is 11.7 Å². The van der Waals surface area contributed by atoms with Crippen LogP contribution in [-0.4, -0.2) is 21.9 Å². The summed E-state index contributed by atoms with van der Waals surface area (Å²) in [4.78, 5) is 4.16. The molecule has 0 amide bonds. The Morgan fingerprint density at radius 1 is 1.53 bits per heavy atom. The van der Waals surface area contributed by atoms with E-state index in [1.165, 1.54) is 0 Å². The van der Waals surface area contributed by atoms with Gasteiger partial charge in [0.15, 0.2) is 0 Å². The number of nitrogens with zero attached hydrogens (tertiary/aromatic N) is 2. The Hall–Kier alpha value is -1.24. The molecule has 90 valence electrons. The molecule has 6 heteroatoms. The van der Waals surface area contributed by atoms with Crippen molar-refractivity contribution in [2.45, 2.75) is 13.0 Å². The molecule has 0 fully saturated rings. The Bertz CT molecular complexity index is 527. The number of aliphatic hydroxyl groups excluding tert-OH is 1. The van der Waals surface area contributed by atoms with Gasteiger partial charge in [0.05, 0.1) is 6.61 Å². The number of rotatable bonds is 3. The minimum atomic E-state index is -0.632. The first-order chi connectivity index (χ1) is 8.11. The predicted molar refractivity (Wildman–Crippen MR) is 66.2 cm³/mol. The maximum Gasteiger partial charge on any atom is 0.246 e. The van der Waals surface area contributed by atoms with Gasteiger partial charge in [0.25, 0.3) is 0 Å². The van der Waals surface area contributed by atoms with Crippen LogP contribution in [0.4, 0.5) is 0 Å². The molecule has 2 aromatic rings. The van der Waals surface area contributed by atoms with Gasteiger partial charge in [-0.1, -0.05) is 21.1 Å². The Balaban J connectivity index is 2.37. The van der Waals surface area contributed by atoms with Crippen molar-refractivity contribution in [3.63, 3.8) is 0 Å². The van der Waals surface area contributed by atoms with E-state index in [1.54, 1.807) is 0 Å². The maximum atomic E-state index is 8.90. The van der Waals surface area contributed by atoms with E-state index in [9.17, 15) is 0 Å². The normalized spacial score (nSPS) is 12.7. The highest BCUT2D eigenvalue weighted by atomic mass is 79.9. The third-order valence-corrected chi connectivity index (χ3v) is 2.88. The summed E-state index contributed by atoms with van der Waals surface area (Å²) in [6, 6.07) is 5.15. The third kappa shape index (κ3) is 2.54. The van der Waals surface area contributed by atoms with Gasteiger partial charge >= 0.3 is 0 Å². The topological polar surface area (TPSA) is 85.2 Å². The van der Waals surface area contributed by atoms with Crippen LogP contribution in [0, 0.1) is 6.92 Å². The van der Waals surface area contributed by atoms with Gasteiger partial charge < -0.3 is 15.4 Å². The summed E-state index contributed by atoms with van der Waals surface area (Å²) >= 11 is 3.39. The van der Waals surface area contributed by atoms with Gasteiger partial charge in [0.1, 0.15) is 6.04 Å². The molecule has 0 aliphatic heterocycles. The highest BCUT2D eigenvalue weighted by molar-refractivity contribution is 9.10. The maximum absolute atomic E-state index is 8.90. The molecule has 5 nitrogen and oxygen atoms in total. The van der Waals surface area contributed by atoms with E-state index in [4.69, 9.17) is 15.4 Å². The van der Waals surface area contributed by atoms with Crippen LogP contribution in [0.25, 0.3) is 11.4 Å². The van der Waals surface area contributed by atoms with Crippen LogP contribution in [0.15, 0.2) is 27.2 Å². The minimum absolute atomic E-state index is 0.221. The second-order valence-electron chi connectivity index (χ2n) is 3.70. The lowest BCUT2D eigenvalue weighted by molar-refractivity contribution is 0.237. The first kappa shape index (κ1) is 12.2. The molecule has 1 aromatic carbocycles. The Morgan fingerprint density at radius 3 is 2.94 bits per heavy atom. The minimum Gasteiger partial charge on any atom is -0.394 e. The van der Waals surface area contributed by atoms with E-state index in [-0.39, 0.29) is 12.5 Å². The first-order valence-corrected chi connectivity index (χ1v) is 5.87. The SMILES string of the molecule is Cc1cc(Br)ccc1-c1noc([C@H](N)CO)n1. The molecule has 0 aliphatic rings. The molecule has 2 rings (SSSR count). The quantitative estimate of drug-likeness (QED) is 0.902. The van der Waals surface area contributed by atoms with Gasteiger partial charge in [-0.15, -0.1) is 0 Å². The van der Waals surface area contributed by atoms with Crippen molar-refractivity contribution in [3.8, 4) is 11.4 Å². The Kier molecular flexibility index (Phi) is 3.56. The predicted octanol–water partition coefficient (Wildman–Crippen LogP) is 1.80. The van der Waals surface area contributed by atoms with Crippen LogP contribution >= 0.6 is 15.9 Å². The molecule has 0 aliphatic carbocycles. The summed E-state index contributed by atoms with van der Waals surface area (Å²) < 4.78 is 5.99. The van der Waals surface area contributed by atoms with Crippen molar-refractivity contribution in [3.05, 3.63) is 34.1 Å². The zero-order chi connectivity index (χ0) is 12.4. The monoisotopic (exact) mass is 297 g/mol. The molecule has 1 heterocycles. The Labute approximate surface area is 107 Å². The van der Waals surface area contributed by atoms with Crippen molar-refractivity contribution in [1.29, 1.82) is 0 Å². The van der Waals surface area contributed by atoms with Crippen molar-refractivity contribution in [1.82, 2.24) is 10.1 Å². The number of benzene rings is 1. The van der Waals surface area contributed by atoms with Crippen molar-refractivity contribution in [2.75, 3.05) is 6.61 Å². The van der Waals surface area contributed by atoms with Gasteiger partial charge in [-0.2, -0.15) is 4.98 Å². The Morgan fingerprint density at radius 2 is 2.29 bits per heavy atom. The highest BCUT2D eigenvalue weighted by Gasteiger charge is 2.15. The molecular formula is C11H12BrN3O2. The van der Waals surface area contributed by atoms with Crippen LogP contribution in [0.5, 0.6) is 0 Å². The number of aliphatic hydroxyl groups is 1. The van der Waals surface area contributed by atoms with Crippen LogP contribution in [0.1, 0.15) is 17.5 Å². The van der Waals surface area contributed by atoms with Crippen molar-refractivity contribution < 1.29 is 9.63 Å². The number of halogens is 1. The lowest BCUT2D eigenvalue weighted by Gasteiger charge is -2.01. The average molecular weight is 298 g/mol. The van der Waals surface area contributed by atoms with E-state index in [0.717, 1.165) is 15.6 Å². The molecule has 0 radical (unpaired) electrons. The molecule has 17 heavy (non-hydrogen) atoms. The largest absolute Gasteiger partial charge is 0.394 e. The summed E-state index contributed by atoms with van der Waals surface area (Å²) in [7, 11) is 0. The second kappa shape index (κ2) is 4.95. The number of aryl methyl sites for hydroxylation is 1. The highest BCUT2D eigenvalue weighted by Crippen LogP contribution is 2.24. The zero-order valence-electron chi connectivity index (χ0n) is 9.22. The molecule has 0 bridgehead atoms. The van der Waals surface area contributed by atoms with Crippen molar-refractivity contribution in [2.24, 2.45) is 5.73 Å². The smallest absolute Gasteiger partial charge is 0.246 e. The number of hydrogen-bond acceptors (Lipinski definition) is 5. The number of aromatic nitrogens is 2. The molecule has 3 N–H and O–H groups in total. The fourth-order valence-electron chi connectivity index (χ4n) is 1.45. The zero-order valence-corrected chi connectivity index (χ0v) is 10.8.